The van der Waals surface area contributed by atoms with Gasteiger partial charge in [0, 0.05) is 44.1 Å². The van der Waals surface area contributed by atoms with E-state index in [1.165, 1.54) is 26.9 Å². The number of hydrogen-bond donors (Lipinski definition) is 0. The third-order valence-electron chi connectivity index (χ3n) is 11.2. The molecule has 0 N–H and O–H groups in total. The lowest BCUT2D eigenvalue weighted by atomic mass is 9.98. The molecule has 55 heavy (non-hydrogen) atoms. The SMILES string of the molecule is C=C/C(=C\C)n1c(-c2cccc3c(-c4nc5c6ccccc6c6ccccc6c5n4-c4ccccc4)cccc23)nc2c3ccccc3c3ccccc3c21. The Morgan fingerprint density at radius 2 is 0.855 bits per heavy atom. The van der Waals surface area contributed by atoms with Crippen molar-refractivity contribution in [2.75, 3.05) is 0 Å². The number of aromatic nitrogens is 4. The molecule has 4 nitrogen and oxygen atoms in total. The van der Waals surface area contributed by atoms with Crippen LogP contribution in [0.3, 0.4) is 0 Å². The van der Waals surface area contributed by atoms with Gasteiger partial charge < -0.3 is 0 Å². The first-order valence-corrected chi connectivity index (χ1v) is 18.8. The van der Waals surface area contributed by atoms with Gasteiger partial charge in [-0.05, 0) is 57.4 Å². The Morgan fingerprint density at radius 1 is 0.436 bits per heavy atom. The molecule has 0 bridgehead atoms. The van der Waals surface area contributed by atoms with Gasteiger partial charge in [-0.25, -0.2) is 9.97 Å². The molecule has 0 fully saturated rings. The van der Waals surface area contributed by atoms with Crippen molar-refractivity contribution in [3.05, 3.63) is 183 Å². The molecule has 4 heteroatoms. The predicted octanol–water partition coefficient (Wildman–Crippen LogP) is 13.5. The molecule has 0 aliphatic heterocycles. The summed E-state index contributed by atoms with van der Waals surface area (Å²) >= 11 is 0. The highest BCUT2D eigenvalue weighted by Crippen LogP contribution is 2.44. The van der Waals surface area contributed by atoms with Gasteiger partial charge in [0.15, 0.2) is 0 Å². The van der Waals surface area contributed by atoms with Crippen molar-refractivity contribution in [3.8, 4) is 28.5 Å². The van der Waals surface area contributed by atoms with Crippen molar-refractivity contribution < 1.29 is 0 Å². The third kappa shape index (κ3) is 4.46. The van der Waals surface area contributed by atoms with Gasteiger partial charge in [-0.15, -0.1) is 0 Å². The van der Waals surface area contributed by atoms with Gasteiger partial charge in [0.05, 0.1) is 22.1 Å². The lowest BCUT2D eigenvalue weighted by Crippen LogP contribution is -2.00. The van der Waals surface area contributed by atoms with Crippen molar-refractivity contribution in [1.82, 2.24) is 19.1 Å². The van der Waals surface area contributed by atoms with Crippen LogP contribution >= 0.6 is 0 Å². The first-order chi connectivity index (χ1) is 27.2. The molecule has 0 saturated carbocycles. The number of allylic oxidation sites excluding steroid dienone is 3. The second kappa shape index (κ2) is 12.1. The fourth-order valence-corrected chi connectivity index (χ4v) is 8.89. The van der Waals surface area contributed by atoms with E-state index >= 15 is 0 Å². The van der Waals surface area contributed by atoms with Crippen LogP contribution in [0.4, 0.5) is 0 Å². The zero-order valence-electron chi connectivity index (χ0n) is 30.2. The Morgan fingerprint density at radius 3 is 1.40 bits per heavy atom. The molecule has 0 amide bonds. The Balaban J connectivity index is 1.26. The van der Waals surface area contributed by atoms with E-state index in [-0.39, 0.29) is 0 Å². The summed E-state index contributed by atoms with van der Waals surface area (Å²) in [5, 5.41) is 11.6. The van der Waals surface area contributed by atoms with Crippen molar-refractivity contribution in [2.45, 2.75) is 6.92 Å². The highest BCUT2D eigenvalue weighted by atomic mass is 15.1. The lowest BCUT2D eigenvalue weighted by molar-refractivity contribution is 1.11. The molecular weight excluding hydrogens is 669 g/mol. The molecule has 9 aromatic carbocycles. The van der Waals surface area contributed by atoms with Crippen molar-refractivity contribution in [2.24, 2.45) is 0 Å². The Bertz CT molecular complexity index is 3400. The number of benzene rings is 9. The maximum Gasteiger partial charge on any atom is 0.146 e. The van der Waals surface area contributed by atoms with Gasteiger partial charge in [-0.1, -0.05) is 164 Å². The molecule has 0 aliphatic rings. The lowest BCUT2D eigenvalue weighted by Gasteiger charge is -2.16. The third-order valence-corrected chi connectivity index (χ3v) is 11.2. The first kappa shape index (κ1) is 31.2. The molecule has 2 heterocycles. The number of hydrogen-bond acceptors (Lipinski definition) is 2. The van der Waals surface area contributed by atoms with Gasteiger partial charge >= 0.3 is 0 Å². The van der Waals surface area contributed by atoms with Crippen LogP contribution in [-0.2, 0) is 0 Å². The predicted molar refractivity (Wildman–Crippen MR) is 233 cm³/mol. The van der Waals surface area contributed by atoms with E-state index in [9.17, 15) is 0 Å². The topological polar surface area (TPSA) is 35.6 Å². The van der Waals surface area contributed by atoms with Gasteiger partial charge in [-0.3, -0.25) is 9.13 Å². The van der Waals surface area contributed by atoms with Crippen LogP contribution in [0.25, 0.3) is 110 Å². The molecule has 0 unspecified atom stereocenters. The summed E-state index contributed by atoms with van der Waals surface area (Å²) in [5.74, 6) is 1.77. The largest absolute Gasteiger partial charge is 0.292 e. The van der Waals surface area contributed by atoms with E-state index < -0.39 is 0 Å². The normalized spacial score (nSPS) is 12.3. The molecule has 0 aliphatic carbocycles. The van der Waals surface area contributed by atoms with Crippen molar-refractivity contribution >= 4 is 81.6 Å². The average molecular weight is 703 g/mol. The quantitative estimate of drug-likeness (QED) is 0.132. The van der Waals surface area contributed by atoms with Crippen LogP contribution < -0.4 is 0 Å². The van der Waals surface area contributed by atoms with Crippen LogP contribution in [0.2, 0.25) is 0 Å². The fraction of sp³-hybridized carbons (Fsp3) is 0.0196. The standard InChI is InChI=1S/C51H34N4/c1-3-32(4-2)54-48-42-26-14-10-22-36(42)34-20-8-12-24-40(34)46(48)52-50(54)44-30-16-29-39-38(44)28-17-31-45(39)51-53-47-41-25-13-9-21-35(41)37-23-11-15-27-43(37)49(47)55(51)33-18-6-5-7-19-33/h3-31H,1H2,2H3/b32-4+. The molecule has 2 aromatic heterocycles. The van der Waals surface area contributed by atoms with Gasteiger partial charge in [0.1, 0.15) is 11.6 Å². The highest BCUT2D eigenvalue weighted by molar-refractivity contribution is 6.26. The number of rotatable bonds is 5. The summed E-state index contributed by atoms with van der Waals surface area (Å²) in [6.07, 6.45) is 4.05. The monoisotopic (exact) mass is 702 g/mol. The van der Waals surface area contributed by atoms with Crippen LogP contribution in [0, 0.1) is 0 Å². The molecular formula is C51H34N4. The number of fused-ring (bicyclic) bond motifs is 13. The van der Waals surface area contributed by atoms with Gasteiger partial charge in [-0.2, -0.15) is 0 Å². The summed E-state index contributed by atoms with van der Waals surface area (Å²) < 4.78 is 4.66. The Labute approximate surface area is 317 Å². The number of nitrogens with zero attached hydrogens (tertiary/aromatic N) is 4. The summed E-state index contributed by atoms with van der Waals surface area (Å²) in [6.45, 7) is 6.33. The van der Waals surface area contributed by atoms with Crippen molar-refractivity contribution in [1.29, 1.82) is 0 Å². The van der Waals surface area contributed by atoms with Crippen LogP contribution in [-0.4, -0.2) is 19.1 Å². The molecule has 0 saturated heterocycles. The fourth-order valence-electron chi connectivity index (χ4n) is 8.89. The zero-order valence-corrected chi connectivity index (χ0v) is 30.2. The maximum absolute atomic E-state index is 5.59. The molecule has 0 radical (unpaired) electrons. The second-order valence-electron chi connectivity index (χ2n) is 14.1. The summed E-state index contributed by atoms with van der Waals surface area (Å²) in [4.78, 5) is 11.1. The van der Waals surface area contributed by atoms with E-state index in [4.69, 9.17) is 9.97 Å². The van der Waals surface area contributed by atoms with E-state index in [0.29, 0.717) is 0 Å². The smallest absolute Gasteiger partial charge is 0.146 e. The maximum atomic E-state index is 5.59. The first-order valence-electron chi connectivity index (χ1n) is 18.8. The minimum Gasteiger partial charge on any atom is -0.292 e. The van der Waals surface area contributed by atoms with E-state index in [1.807, 2.05) is 6.08 Å². The van der Waals surface area contributed by atoms with Crippen LogP contribution in [0.5, 0.6) is 0 Å². The number of para-hydroxylation sites is 1. The molecule has 11 aromatic rings. The number of imidazole rings is 2. The molecule has 0 spiro atoms. The minimum atomic E-state index is 0.876. The van der Waals surface area contributed by atoms with Crippen LogP contribution in [0.1, 0.15) is 6.92 Å². The van der Waals surface area contributed by atoms with E-state index in [1.54, 1.807) is 0 Å². The molecule has 0 atom stereocenters. The zero-order chi connectivity index (χ0) is 36.6. The van der Waals surface area contributed by atoms with Gasteiger partial charge in [0.25, 0.3) is 0 Å². The van der Waals surface area contributed by atoms with E-state index in [0.717, 1.165) is 83.2 Å². The van der Waals surface area contributed by atoms with Crippen LogP contribution in [0.15, 0.2) is 183 Å². The molecule has 11 rings (SSSR count). The second-order valence-corrected chi connectivity index (χ2v) is 14.1. The minimum absolute atomic E-state index is 0.876. The van der Waals surface area contributed by atoms with Crippen molar-refractivity contribution in [3.63, 3.8) is 0 Å². The molecule has 258 valence electrons. The summed E-state index contributed by atoms with van der Waals surface area (Å²) in [6, 6.07) is 58.4. The Hall–Kier alpha value is -7.30. The van der Waals surface area contributed by atoms with E-state index in [2.05, 4.69) is 193 Å². The summed E-state index contributed by atoms with van der Waals surface area (Å²) in [5.41, 5.74) is 8.30. The average Bonchev–Trinajstić information content (AvgIpc) is 3.85. The summed E-state index contributed by atoms with van der Waals surface area (Å²) in [7, 11) is 0. The van der Waals surface area contributed by atoms with Gasteiger partial charge in [0.2, 0.25) is 0 Å². The highest BCUT2D eigenvalue weighted by Gasteiger charge is 2.24. The Kier molecular flexibility index (Phi) is 6.89.